The molecule has 0 aliphatic carbocycles. The topological polar surface area (TPSA) is 44.5 Å². The van der Waals surface area contributed by atoms with Gasteiger partial charge in [-0.1, -0.05) is 42.2 Å². The van der Waals surface area contributed by atoms with Gasteiger partial charge in [-0.25, -0.2) is 0 Å². The average Bonchev–Trinajstić information content (AvgIpc) is 2.49. The largest absolute Gasteiger partial charge is 0.490 e. The first-order chi connectivity index (χ1) is 10.2. The molecule has 110 valence electrons. The van der Waals surface area contributed by atoms with Gasteiger partial charge in [0.15, 0.2) is 0 Å². The first-order valence-electron chi connectivity index (χ1n) is 7.17. The van der Waals surface area contributed by atoms with E-state index in [1.165, 1.54) is 0 Å². The van der Waals surface area contributed by atoms with E-state index in [0.717, 1.165) is 22.1 Å². The highest BCUT2D eigenvalue weighted by Gasteiger charge is 2.07. The van der Waals surface area contributed by atoms with E-state index in [0.29, 0.717) is 19.8 Å². The third-order valence-corrected chi connectivity index (χ3v) is 3.00. The van der Waals surface area contributed by atoms with Crippen molar-refractivity contribution in [3.63, 3.8) is 0 Å². The molecular weight excluding hydrogens is 262 g/mol. The van der Waals surface area contributed by atoms with Crippen molar-refractivity contribution < 1.29 is 9.47 Å². The molecule has 0 aliphatic rings. The molecule has 0 aromatic heterocycles. The summed E-state index contributed by atoms with van der Waals surface area (Å²) in [6.07, 6.45) is 0.210. The lowest BCUT2D eigenvalue weighted by atomic mass is 10.0. The third-order valence-electron chi connectivity index (χ3n) is 3.00. The SMILES string of the molecule is CC(C)OCCOc1ccc2ccccc2c1C#CCN. The van der Waals surface area contributed by atoms with Gasteiger partial charge in [0.2, 0.25) is 0 Å². The predicted octanol–water partition coefficient (Wildman–Crippen LogP) is 2.95. The van der Waals surface area contributed by atoms with Crippen LogP contribution in [0, 0.1) is 11.8 Å². The van der Waals surface area contributed by atoms with Crippen LogP contribution in [-0.4, -0.2) is 25.9 Å². The number of rotatable bonds is 5. The maximum Gasteiger partial charge on any atom is 0.135 e. The lowest BCUT2D eigenvalue weighted by molar-refractivity contribution is 0.0552. The molecule has 0 radical (unpaired) electrons. The van der Waals surface area contributed by atoms with Crippen molar-refractivity contribution in [2.24, 2.45) is 5.73 Å². The molecular formula is C18H21NO2. The smallest absolute Gasteiger partial charge is 0.135 e. The highest BCUT2D eigenvalue weighted by atomic mass is 16.5. The summed E-state index contributed by atoms with van der Waals surface area (Å²) in [5, 5.41) is 2.23. The average molecular weight is 283 g/mol. The van der Waals surface area contributed by atoms with Gasteiger partial charge in [0.25, 0.3) is 0 Å². The Balaban J connectivity index is 2.25. The second-order valence-electron chi connectivity index (χ2n) is 4.93. The van der Waals surface area contributed by atoms with Gasteiger partial charge in [-0.05, 0) is 25.3 Å². The molecule has 3 heteroatoms. The third kappa shape index (κ3) is 4.22. The fourth-order valence-electron chi connectivity index (χ4n) is 2.08. The van der Waals surface area contributed by atoms with Crippen LogP contribution in [0.25, 0.3) is 10.8 Å². The van der Waals surface area contributed by atoms with Gasteiger partial charge in [-0.3, -0.25) is 0 Å². The number of nitrogens with two attached hydrogens (primary N) is 1. The number of hydrogen-bond acceptors (Lipinski definition) is 3. The van der Waals surface area contributed by atoms with Crippen LogP contribution in [0.5, 0.6) is 5.75 Å². The van der Waals surface area contributed by atoms with E-state index in [-0.39, 0.29) is 6.10 Å². The van der Waals surface area contributed by atoms with Crippen molar-refractivity contribution in [1.29, 1.82) is 0 Å². The first kappa shape index (κ1) is 15.4. The second kappa shape index (κ2) is 7.68. The minimum absolute atomic E-state index is 0.210. The zero-order valence-electron chi connectivity index (χ0n) is 12.6. The first-order valence-corrected chi connectivity index (χ1v) is 7.17. The molecule has 21 heavy (non-hydrogen) atoms. The summed E-state index contributed by atoms with van der Waals surface area (Å²) in [7, 11) is 0. The predicted molar refractivity (Wildman–Crippen MR) is 86.5 cm³/mol. The fourth-order valence-corrected chi connectivity index (χ4v) is 2.08. The van der Waals surface area contributed by atoms with Crippen LogP contribution in [0.2, 0.25) is 0 Å². The van der Waals surface area contributed by atoms with Crippen molar-refractivity contribution in [3.05, 3.63) is 42.0 Å². The highest BCUT2D eigenvalue weighted by Crippen LogP contribution is 2.27. The Morgan fingerprint density at radius 2 is 1.90 bits per heavy atom. The van der Waals surface area contributed by atoms with Crippen LogP contribution in [0.1, 0.15) is 19.4 Å². The monoisotopic (exact) mass is 283 g/mol. The summed E-state index contributed by atoms with van der Waals surface area (Å²) in [4.78, 5) is 0. The Labute approximate surface area is 126 Å². The van der Waals surface area contributed by atoms with Gasteiger partial charge in [0, 0.05) is 5.39 Å². The number of benzene rings is 2. The molecule has 0 bridgehead atoms. The Bertz CT molecular complexity index is 653. The van der Waals surface area contributed by atoms with Gasteiger partial charge in [-0.15, -0.1) is 0 Å². The van der Waals surface area contributed by atoms with Gasteiger partial charge in [-0.2, -0.15) is 0 Å². The lowest BCUT2D eigenvalue weighted by Crippen LogP contribution is -2.11. The van der Waals surface area contributed by atoms with Gasteiger partial charge in [0.05, 0.1) is 24.8 Å². The standard InChI is InChI=1S/C18H21NO2/c1-14(2)20-12-13-21-18-10-9-15-6-3-4-7-16(15)17(18)8-5-11-19/h3-4,6-7,9-10,14H,11-13,19H2,1-2H3. The molecule has 0 aliphatic heterocycles. The van der Waals surface area contributed by atoms with Crippen LogP contribution in [0.15, 0.2) is 36.4 Å². The zero-order chi connectivity index (χ0) is 15.1. The van der Waals surface area contributed by atoms with Gasteiger partial charge >= 0.3 is 0 Å². The highest BCUT2D eigenvalue weighted by molar-refractivity contribution is 5.90. The van der Waals surface area contributed by atoms with Gasteiger partial charge in [0.1, 0.15) is 12.4 Å². The Morgan fingerprint density at radius 3 is 2.67 bits per heavy atom. The quantitative estimate of drug-likeness (QED) is 0.678. The van der Waals surface area contributed by atoms with E-state index in [1.807, 2.05) is 44.2 Å². The summed E-state index contributed by atoms with van der Waals surface area (Å²) < 4.78 is 11.3. The molecule has 2 N–H and O–H groups in total. The maximum absolute atomic E-state index is 5.82. The molecule has 0 saturated carbocycles. The summed E-state index contributed by atoms with van der Waals surface area (Å²) in [5.74, 6) is 6.82. The fraction of sp³-hybridized carbons (Fsp3) is 0.333. The summed E-state index contributed by atoms with van der Waals surface area (Å²) in [6.45, 7) is 5.42. The molecule has 3 nitrogen and oxygen atoms in total. The summed E-state index contributed by atoms with van der Waals surface area (Å²) in [5.41, 5.74) is 6.38. The molecule has 2 aromatic carbocycles. The molecule has 0 saturated heterocycles. The van der Waals surface area contributed by atoms with Gasteiger partial charge < -0.3 is 15.2 Å². The van der Waals surface area contributed by atoms with Crippen molar-refractivity contribution in [2.45, 2.75) is 20.0 Å². The molecule has 0 amide bonds. The van der Waals surface area contributed by atoms with E-state index in [4.69, 9.17) is 15.2 Å². The van der Waals surface area contributed by atoms with Crippen LogP contribution in [0.4, 0.5) is 0 Å². The normalized spacial score (nSPS) is 10.5. The van der Waals surface area contributed by atoms with E-state index >= 15 is 0 Å². The van der Waals surface area contributed by atoms with Crippen molar-refractivity contribution >= 4 is 10.8 Å². The Hall–Kier alpha value is -2.02. The number of ether oxygens (including phenoxy) is 2. The molecule has 0 heterocycles. The van der Waals surface area contributed by atoms with Crippen molar-refractivity contribution in [1.82, 2.24) is 0 Å². The molecule has 0 fully saturated rings. The van der Waals surface area contributed by atoms with Crippen molar-refractivity contribution in [3.8, 4) is 17.6 Å². The van der Waals surface area contributed by atoms with Crippen LogP contribution in [-0.2, 0) is 4.74 Å². The maximum atomic E-state index is 5.82. The van der Waals surface area contributed by atoms with E-state index in [2.05, 4.69) is 17.9 Å². The van der Waals surface area contributed by atoms with Crippen LogP contribution < -0.4 is 10.5 Å². The van der Waals surface area contributed by atoms with Crippen LogP contribution >= 0.6 is 0 Å². The Kier molecular flexibility index (Phi) is 5.62. The zero-order valence-corrected chi connectivity index (χ0v) is 12.6. The van der Waals surface area contributed by atoms with Crippen LogP contribution in [0.3, 0.4) is 0 Å². The number of fused-ring (bicyclic) bond motifs is 1. The second-order valence-corrected chi connectivity index (χ2v) is 4.93. The molecule has 2 rings (SSSR count). The van der Waals surface area contributed by atoms with Crippen molar-refractivity contribution in [2.75, 3.05) is 19.8 Å². The minimum Gasteiger partial charge on any atom is -0.490 e. The summed E-state index contributed by atoms with van der Waals surface area (Å²) in [6, 6.07) is 12.1. The molecule has 0 unspecified atom stereocenters. The molecule has 0 atom stereocenters. The van der Waals surface area contributed by atoms with E-state index in [1.54, 1.807) is 0 Å². The van der Waals surface area contributed by atoms with E-state index in [9.17, 15) is 0 Å². The molecule has 0 spiro atoms. The Morgan fingerprint density at radius 1 is 1.10 bits per heavy atom. The summed E-state index contributed by atoms with van der Waals surface area (Å²) >= 11 is 0. The molecule has 2 aromatic rings. The lowest BCUT2D eigenvalue weighted by Gasteiger charge is -2.12. The minimum atomic E-state index is 0.210. The van der Waals surface area contributed by atoms with E-state index < -0.39 is 0 Å². The number of hydrogen-bond donors (Lipinski definition) is 1.